The molecule has 0 aliphatic carbocycles. The summed E-state index contributed by atoms with van der Waals surface area (Å²) in [6.07, 6.45) is 1.43. The molecule has 1 heterocycles. The fourth-order valence-electron chi connectivity index (χ4n) is 3.89. The lowest BCUT2D eigenvalue weighted by Crippen LogP contribution is -2.54. The monoisotopic (exact) mass is 630 g/mol. The number of anilines is 1. The highest BCUT2D eigenvalue weighted by atomic mass is 127. The number of nitrogens with zero attached hydrogens (tertiary/aromatic N) is 1. The molecule has 0 saturated carbocycles. The number of carbonyl (C=O) groups excluding carboxylic acids is 3. The van der Waals surface area contributed by atoms with Gasteiger partial charge in [-0.3, -0.25) is 14.9 Å². The van der Waals surface area contributed by atoms with E-state index in [9.17, 15) is 14.4 Å². The van der Waals surface area contributed by atoms with Gasteiger partial charge in [0.2, 0.25) is 0 Å². The third-order valence-corrected chi connectivity index (χ3v) is 7.31. The molecule has 1 saturated heterocycles. The number of nitrogens with one attached hydrogen (secondary N) is 1. The highest BCUT2D eigenvalue weighted by Gasteiger charge is 2.37. The SMILES string of the molecule is COc1cc(/C=C2\C(=O)NC(=O)N(c3cccc(Cl)c3C)C2=O)cc(I)c1OCc1ccc(C)c(C)c1. The second kappa shape index (κ2) is 10.9. The first-order valence-corrected chi connectivity index (χ1v) is 12.8. The second-order valence-electron chi connectivity index (χ2n) is 8.58. The maximum Gasteiger partial charge on any atom is 0.335 e. The maximum absolute atomic E-state index is 13.3. The van der Waals surface area contributed by atoms with Gasteiger partial charge in [0, 0.05) is 5.02 Å². The maximum atomic E-state index is 13.3. The van der Waals surface area contributed by atoms with Crippen molar-refractivity contribution < 1.29 is 23.9 Å². The fourth-order valence-corrected chi connectivity index (χ4v) is 4.84. The largest absolute Gasteiger partial charge is 0.493 e. The first-order valence-electron chi connectivity index (χ1n) is 11.3. The van der Waals surface area contributed by atoms with Crippen LogP contribution in [0.2, 0.25) is 5.02 Å². The van der Waals surface area contributed by atoms with Crippen molar-refractivity contribution in [2.75, 3.05) is 12.0 Å². The molecule has 1 aliphatic heterocycles. The van der Waals surface area contributed by atoms with Crippen LogP contribution in [-0.2, 0) is 16.2 Å². The number of halogens is 2. The number of aryl methyl sites for hydroxylation is 2. The molecule has 4 amide bonds. The fraction of sp³-hybridized carbons (Fsp3) is 0.179. The van der Waals surface area contributed by atoms with Gasteiger partial charge in [-0.05, 0) is 102 Å². The minimum Gasteiger partial charge on any atom is -0.493 e. The van der Waals surface area contributed by atoms with Crippen molar-refractivity contribution >= 4 is 63.8 Å². The van der Waals surface area contributed by atoms with Gasteiger partial charge in [-0.25, -0.2) is 9.69 Å². The molecule has 3 aromatic carbocycles. The van der Waals surface area contributed by atoms with Gasteiger partial charge in [0.15, 0.2) is 11.5 Å². The second-order valence-corrected chi connectivity index (χ2v) is 10.2. The molecule has 0 spiro atoms. The Kier molecular flexibility index (Phi) is 7.89. The lowest BCUT2D eigenvalue weighted by atomic mass is 10.1. The first kappa shape index (κ1) is 26.7. The molecule has 9 heteroatoms. The number of hydrogen-bond donors (Lipinski definition) is 1. The van der Waals surface area contributed by atoms with E-state index in [4.69, 9.17) is 21.1 Å². The molecular formula is C28H24ClIN2O5. The number of benzene rings is 3. The van der Waals surface area contributed by atoms with Crippen LogP contribution in [0.15, 0.2) is 54.1 Å². The van der Waals surface area contributed by atoms with Crippen LogP contribution in [0.5, 0.6) is 11.5 Å². The molecule has 1 aliphatic rings. The molecule has 0 aromatic heterocycles. The van der Waals surface area contributed by atoms with Gasteiger partial charge in [-0.1, -0.05) is 35.9 Å². The van der Waals surface area contributed by atoms with Gasteiger partial charge < -0.3 is 9.47 Å². The van der Waals surface area contributed by atoms with Crippen LogP contribution in [0.25, 0.3) is 6.08 Å². The van der Waals surface area contributed by atoms with Crippen molar-refractivity contribution in [2.45, 2.75) is 27.4 Å². The van der Waals surface area contributed by atoms with E-state index in [1.165, 1.54) is 24.3 Å². The Morgan fingerprint density at radius 1 is 1.03 bits per heavy atom. The zero-order valence-corrected chi connectivity index (χ0v) is 23.6. The summed E-state index contributed by atoms with van der Waals surface area (Å²) in [5, 5.41) is 2.63. The Hall–Kier alpha value is -3.37. The smallest absolute Gasteiger partial charge is 0.335 e. The lowest BCUT2D eigenvalue weighted by molar-refractivity contribution is -0.122. The summed E-state index contributed by atoms with van der Waals surface area (Å²) >= 11 is 8.31. The number of imide groups is 2. The lowest BCUT2D eigenvalue weighted by Gasteiger charge is -2.27. The molecule has 0 atom stereocenters. The van der Waals surface area contributed by atoms with E-state index in [1.807, 2.05) is 6.07 Å². The van der Waals surface area contributed by atoms with Gasteiger partial charge in [-0.2, -0.15) is 0 Å². The number of barbiturate groups is 1. The summed E-state index contributed by atoms with van der Waals surface area (Å²) < 4.78 is 12.4. The van der Waals surface area contributed by atoms with Crippen molar-refractivity contribution in [1.82, 2.24) is 5.32 Å². The summed E-state index contributed by atoms with van der Waals surface area (Å²) in [7, 11) is 1.52. The van der Waals surface area contributed by atoms with Gasteiger partial charge >= 0.3 is 6.03 Å². The van der Waals surface area contributed by atoms with E-state index in [1.54, 1.807) is 37.3 Å². The number of carbonyl (C=O) groups is 3. The number of ether oxygens (including phenoxy) is 2. The summed E-state index contributed by atoms with van der Waals surface area (Å²) in [4.78, 5) is 39.4. The number of methoxy groups -OCH3 is 1. The number of urea groups is 1. The van der Waals surface area contributed by atoms with Crippen molar-refractivity contribution in [2.24, 2.45) is 0 Å². The van der Waals surface area contributed by atoms with Crippen molar-refractivity contribution in [3.05, 3.63) is 90.5 Å². The van der Waals surface area contributed by atoms with Crippen LogP contribution in [0.3, 0.4) is 0 Å². The topological polar surface area (TPSA) is 84.9 Å². The summed E-state index contributed by atoms with van der Waals surface area (Å²) in [6, 6.07) is 13.7. The zero-order chi connectivity index (χ0) is 26.9. The Bertz CT molecular complexity index is 1470. The summed E-state index contributed by atoms with van der Waals surface area (Å²) in [5.41, 5.74) is 4.60. The molecule has 1 N–H and O–H groups in total. The molecular weight excluding hydrogens is 607 g/mol. The predicted molar refractivity (Wildman–Crippen MR) is 151 cm³/mol. The zero-order valence-electron chi connectivity index (χ0n) is 20.6. The number of amides is 4. The number of rotatable bonds is 6. The van der Waals surface area contributed by atoms with E-state index in [-0.39, 0.29) is 5.57 Å². The average molecular weight is 631 g/mol. The minimum absolute atomic E-state index is 0.194. The van der Waals surface area contributed by atoms with E-state index in [0.717, 1.165) is 14.0 Å². The highest BCUT2D eigenvalue weighted by molar-refractivity contribution is 14.1. The number of hydrogen-bond acceptors (Lipinski definition) is 5. The molecule has 37 heavy (non-hydrogen) atoms. The van der Waals surface area contributed by atoms with E-state index in [0.29, 0.717) is 39.9 Å². The summed E-state index contributed by atoms with van der Waals surface area (Å²) in [6.45, 7) is 6.16. The third kappa shape index (κ3) is 5.50. The van der Waals surface area contributed by atoms with Gasteiger partial charge in [-0.15, -0.1) is 0 Å². The van der Waals surface area contributed by atoms with Gasteiger partial charge in [0.05, 0.1) is 16.4 Å². The van der Waals surface area contributed by atoms with E-state index >= 15 is 0 Å². The molecule has 190 valence electrons. The molecule has 0 unspecified atom stereocenters. The van der Waals surface area contributed by atoms with Crippen LogP contribution in [0, 0.1) is 24.3 Å². The third-order valence-electron chi connectivity index (χ3n) is 6.10. The normalized spacial score (nSPS) is 14.7. The van der Waals surface area contributed by atoms with Gasteiger partial charge in [0.25, 0.3) is 11.8 Å². The predicted octanol–water partition coefficient (Wildman–Crippen LogP) is 6.12. The average Bonchev–Trinajstić information content (AvgIpc) is 2.85. The Balaban J connectivity index is 1.65. The van der Waals surface area contributed by atoms with E-state index in [2.05, 4.69) is 53.9 Å². The van der Waals surface area contributed by atoms with Crippen LogP contribution < -0.4 is 19.7 Å². The van der Waals surface area contributed by atoms with Crippen LogP contribution >= 0.6 is 34.2 Å². The van der Waals surface area contributed by atoms with Gasteiger partial charge in [0.1, 0.15) is 12.2 Å². The molecule has 7 nitrogen and oxygen atoms in total. The van der Waals surface area contributed by atoms with E-state index < -0.39 is 17.8 Å². The summed E-state index contributed by atoms with van der Waals surface area (Å²) in [5.74, 6) is -0.530. The first-order chi connectivity index (χ1) is 17.6. The molecule has 4 rings (SSSR count). The minimum atomic E-state index is -0.834. The Morgan fingerprint density at radius 3 is 2.49 bits per heavy atom. The quantitative estimate of drug-likeness (QED) is 0.202. The molecule has 0 radical (unpaired) electrons. The molecule has 1 fully saturated rings. The van der Waals surface area contributed by atoms with Crippen molar-refractivity contribution in [3.8, 4) is 11.5 Å². The van der Waals surface area contributed by atoms with Crippen LogP contribution in [-0.4, -0.2) is 25.0 Å². The Morgan fingerprint density at radius 2 is 1.78 bits per heavy atom. The van der Waals surface area contributed by atoms with Crippen LogP contribution in [0.4, 0.5) is 10.5 Å². The Labute approximate surface area is 233 Å². The molecule has 3 aromatic rings. The highest BCUT2D eigenvalue weighted by Crippen LogP contribution is 2.36. The molecule has 0 bridgehead atoms. The standard InChI is InChI=1S/C28H24ClIN2O5/c1-15-8-9-18(10-16(15)2)14-37-25-22(30)12-19(13-24(25)36-4)11-20-26(33)31-28(35)32(27(20)34)23-7-5-6-21(29)17(23)3/h5-13H,14H2,1-4H3,(H,31,33,35)/b20-11+. The van der Waals surface area contributed by atoms with Crippen LogP contribution in [0.1, 0.15) is 27.8 Å². The van der Waals surface area contributed by atoms with Crippen molar-refractivity contribution in [3.63, 3.8) is 0 Å². The van der Waals surface area contributed by atoms with Crippen molar-refractivity contribution in [1.29, 1.82) is 0 Å².